The monoisotopic (exact) mass is 1130 g/mol. The van der Waals surface area contributed by atoms with Gasteiger partial charge >= 0.3 is 29.8 Å². The Hall–Kier alpha value is -2.91. The maximum atomic E-state index is 14.9. The van der Waals surface area contributed by atoms with Crippen LogP contribution in [0.15, 0.2) is 11.5 Å². The molecule has 5 unspecified atom stereocenters. The van der Waals surface area contributed by atoms with E-state index in [-0.39, 0.29) is 17.6 Å². The van der Waals surface area contributed by atoms with Crippen LogP contribution >= 0.6 is 0 Å². The molecule has 10 heteroatoms. The van der Waals surface area contributed by atoms with Crippen LogP contribution in [0, 0.1) is 23.7 Å². The van der Waals surface area contributed by atoms with E-state index in [9.17, 15) is 24.0 Å². The Morgan fingerprint density at radius 3 is 0.900 bits per heavy atom. The number of hydrogen-bond donors (Lipinski definition) is 0. The highest BCUT2D eigenvalue weighted by molar-refractivity contribution is 5.93. The molecule has 0 saturated heterocycles. The van der Waals surface area contributed by atoms with Gasteiger partial charge in [0.1, 0.15) is 6.61 Å². The minimum absolute atomic E-state index is 0.244. The number of ether oxygens (including phenoxy) is 5. The normalized spacial score (nSPS) is 15.3. The minimum Gasteiger partial charge on any atom is -0.461 e. The van der Waals surface area contributed by atoms with Gasteiger partial charge in [0.05, 0.1) is 23.7 Å². The average Bonchev–Trinajstić information content (AvgIpc) is 3.75. The molecule has 0 aliphatic carbocycles. The summed E-state index contributed by atoms with van der Waals surface area (Å²) in [6.45, 7) is 17.1. The first-order valence-corrected chi connectivity index (χ1v) is 34.8. The molecule has 1 aliphatic rings. The molecule has 1 heterocycles. The second kappa shape index (κ2) is 52.9. The highest BCUT2D eigenvalue weighted by atomic mass is 16.7. The molecule has 0 amide bonds. The van der Waals surface area contributed by atoms with Crippen molar-refractivity contribution in [1.82, 2.24) is 0 Å². The number of carbonyl (C=O) groups excluding carboxylic acids is 5. The lowest BCUT2D eigenvalue weighted by Crippen LogP contribution is -2.41. The van der Waals surface area contributed by atoms with Crippen molar-refractivity contribution in [3.63, 3.8) is 0 Å². The fraction of sp³-hybridized carbons (Fsp3) is 0.900. The summed E-state index contributed by atoms with van der Waals surface area (Å²) in [6.07, 6.45) is 44.7. The maximum Gasteiger partial charge on any atom is 0.379 e. The summed E-state index contributed by atoms with van der Waals surface area (Å²) < 4.78 is 31.8. The van der Waals surface area contributed by atoms with Crippen LogP contribution in [0.25, 0.3) is 0 Å². The molecule has 0 spiro atoms. The zero-order valence-corrected chi connectivity index (χ0v) is 53.7. The summed E-state index contributed by atoms with van der Waals surface area (Å²) >= 11 is 0. The van der Waals surface area contributed by atoms with Gasteiger partial charge in [-0.15, -0.1) is 0 Å². The molecule has 0 aromatic heterocycles. The van der Waals surface area contributed by atoms with Crippen LogP contribution in [0.1, 0.15) is 364 Å². The summed E-state index contributed by atoms with van der Waals surface area (Å²) in [5.41, 5.74) is 0. The van der Waals surface area contributed by atoms with Crippen LogP contribution in [0.4, 0.5) is 0 Å². The SMILES string of the molecule is CCCCCCCCC(CCCCCC)C(=O)OC[C@H](OC(=O)C(CCCCCC)CCCCCCCC)C1OC(=O)C(OC(=O)C(CCCCCC)CCCCCCCC)=C1OC(=O)C(CCCCCC)CCCCCCCC. The Balaban J connectivity index is 4.00. The molecule has 10 nitrogen and oxygen atoms in total. The van der Waals surface area contributed by atoms with E-state index in [0.717, 1.165) is 212 Å². The fourth-order valence-electron chi connectivity index (χ4n) is 11.5. The number of cyclic esters (lactones) is 1. The first-order valence-electron chi connectivity index (χ1n) is 34.8. The van der Waals surface area contributed by atoms with E-state index >= 15 is 0 Å². The van der Waals surface area contributed by atoms with Gasteiger partial charge in [-0.2, -0.15) is 0 Å². The molecule has 0 bridgehead atoms. The molecule has 0 radical (unpaired) electrons. The second-order valence-electron chi connectivity index (χ2n) is 24.4. The van der Waals surface area contributed by atoms with Gasteiger partial charge in [0.25, 0.3) is 5.76 Å². The van der Waals surface area contributed by atoms with Gasteiger partial charge in [0.2, 0.25) is 11.9 Å². The first kappa shape index (κ1) is 75.1. The summed E-state index contributed by atoms with van der Waals surface area (Å²) in [7, 11) is 0. The van der Waals surface area contributed by atoms with Gasteiger partial charge in [-0.25, -0.2) is 4.79 Å². The van der Waals surface area contributed by atoms with Crippen LogP contribution in [0.3, 0.4) is 0 Å². The molecule has 0 N–H and O–H groups in total. The first-order chi connectivity index (χ1) is 39.1. The molecular formula is C70H128O10. The van der Waals surface area contributed by atoms with E-state index in [1.54, 1.807) is 0 Å². The molecule has 468 valence electrons. The lowest BCUT2D eigenvalue weighted by Gasteiger charge is -2.27. The second-order valence-corrected chi connectivity index (χ2v) is 24.4. The van der Waals surface area contributed by atoms with Crippen LogP contribution in [-0.4, -0.2) is 48.7 Å². The third-order valence-electron chi connectivity index (χ3n) is 16.9. The Kier molecular flexibility index (Phi) is 49.6. The van der Waals surface area contributed by atoms with Crippen molar-refractivity contribution >= 4 is 29.8 Å². The lowest BCUT2D eigenvalue weighted by molar-refractivity contribution is -0.177. The topological polar surface area (TPSA) is 132 Å². The molecule has 0 aromatic rings. The summed E-state index contributed by atoms with van der Waals surface area (Å²) in [5, 5.41) is 0. The van der Waals surface area contributed by atoms with E-state index in [4.69, 9.17) is 23.7 Å². The molecular weight excluding hydrogens is 1000 g/mol. The van der Waals surface area contributed by atoms with Gasteiger partial charge < -0.3 is 23.7 Å². The zero-order chi connectivity index (χ0) is 58.7. The summed E-state index contributed by atoms with van der Waals surface area (Å²) in [4.78, 5) is 73.2. The Morgan fingerprint density at radius 2 is 0.588 bits per heavy atom. The number of rotatable bonds is 58. The van der Waals surface area contributed by atoms with E-state index in [1.165, 1.54) is 44.9 Å². The predicted octanol–water partition coefficient (Wildman–Crippen LogP) is 21.0. The van der Waals surface area contributed by atoms with Crippen molar-refractivity contribution < 1.29 is 47.7 Å². The molecule has 1 rings (SSSR count). The van der Waals surface area contributed by atoms with Gasteiger partial charge in [-0.05, 0) is 51.4 Å². The molecule has 0 fully saturated rings. The number of carbonyl (C=O) groups is 5. The van der Waals surface area contributed by atoms with Crippen molar-refractivity contribution in [2.45, 2.75) is 376 Å². The minimum atomic E-state index is -1.47. The van der Waals surface area contributed by atoms with Gasteiger partial charge in [0, 0.05) is 0 Å². The molecule has 0 saturated carbocycles. The van der Waals surface area contributed by atoms with Crippen molar-refractivity contribution in [3.05, 3.63) is 11.5 Å². The third-order valence-corrected chi connectivity index (χ3v) is 16.9. The van der Waals surface area contributed by atoms with Gasteiger partial charge in [0.15, 0.2) is 6.10 Å². The highest BCUT2D eigenvalue weighted by Gasteiger charge is 2.48. The largest absolute Gasteiger partial charge is 0.461 e. The number of unbranched alkanes of at least 4 members (excludes halogenated alkanes) is 32. The lowest BCUT2D eigenvalue weighted by atomic mass is 9.94. The molecule has 1 aliphatic heterocycles. The smallest absolute Gasteiger partial charge is 0.379 e. The summed E-state index contributed by atoms with van der Waals surface area (Å²) in [6, 6.07) is 0. The quantitative estimate of drug-likeness (QED) is 0.0329. The van der Waals surface area contributed by atoms with E-state index in [0.29, 0.717) is 51.4 Å². The van der Waals surface area contributed by atoms with Crippen molar-refractivity contribution in [2.24, 2.45) is 23.7 Å². The Bertz CT molecular complexity index is 1560. The van der Waals surface area contributed by atoms with Gasteiger partial charge in [-0.1, -0.05) is 312 Å². The van der Waals surface area contributed by atoms with Crippen molar-refractivity contribution in [1.29, 1.82) is 0 Å². The van der Waals surface area contributed by atoms with Crippen LogP contribution in [-0.2, 0) is 47.7 Å². The number of esters is 5. The standard InChI is InChI=1S/C70H128O10/c1-9-17-25-33-37-45-50-58(49-41-29-21-13-5)66(71)76-57-62(77-67(72)59(51-42-30-22-14-6)54-46-38-34-26-18-10-2)63-64(79-68(73)60(52-43-31-23-15-7)55-47-39-35-27-19-11-3)65(70(75)78-63)80-69(74)61(53-44-32-24-16-8)56-48-40-36-28-20-12-4/h58-63H,9-57H2,1-8H3/t58?,59?,60?,61?,62-,63?/m0/s1. The third kappa shape index (κ3) is 36.6. The van der Waals surface area contributed by atoms with Crippen LogP contribution in [0.5, 0.6) is 0 Å². The fourth-order valence-corrected chi connectivity index (χ4v) is 11.5. The molecule has 6 atom stereocenters. The highest BCUT2D eigenvalue weighted by Crippen LogP contribution is 2.35. The van der Waals surface area contributed by atoms with Crippen LogP contribution < -0.4 is 0 Å². The predicted molar refractivity (Wildman–Crippen MR) is 331 cm³/mol. The zero-order valence-electron chi connectivity index (χ0n) is 53.7. The Labute approximate surface area is 493 Å². The molecule has 80 heavy (non-hydrogen) atoms. The molecule has 0 aromatic carbocycles. The van der Waals surface area contributed by atoms with E-state index in [2.05, 4.69) is 55.4 Å². The van der Waals surface area contributed by atoms with Gasteiger partial charge in [-0.3, -0.25) is 19.2 Å². The number of hydrogen-bond acceptors (Lipinski definition) is 10. The summed E-state index contributed by atoms with van der Waals surface area (Å²) in [5.74, 6) is -5.15. The maximum absolute atomic E-state index is 14.9. The Morgan fingerprint density at radius 1 is 0.338 bits per heavy atom. The van der Waals surface area contributed by atoms with Crippen molar-refractivity contribution in [2.75, 3.05) is 6.61 Å². The van der Waals surface area contributed by atoms with E-state index in [1.807, 2.05) is 0 Å². The average molecular weight is 1130 g/mol. The van der Waals surface area contributed by atoms with Crippen molar-refractivity contribution in [3.8, 4) is 0 Å². The van der Waals surface area contributed by atoms with Crippen LogP contribution in [0.2, 0.25) is 0 Å². The van der Waals surface area contributed by atoms with E-state index < -0.39 is 66.2 Å².